The van der Waals surface area contributed by atoms with Crippen molar-refractivity contribution < 1.29 is 19.4 Å². The smallest absolute Gasteiger partial charge is 0.328 e. The molecule has 0 fully saturated rings. The summed E-state index contributed by atoms with van der Waals surface area (Å²) in [5.41, 5.74) is 5.46. The SMILES string of the molecule is COCC(NC(=O)C(CN)C(C)C)C(=O)O. The van der Waals surface area contributed by atoms with E-state index < -0.39 is 12.0 Å². The Labute approximate surface area is 95.1 Å². The molecule has 0 radical (unpaired) electrons. The van der Waals surface area contributed by atoms with Gasteiger partial charge in [-0.25, -0.2) is 4.79 Å². The van der Waals surface area contributed by atoms with E-state index in [1.54, 1.807) is 0 Å². The zero-order valence-corrected chi connectivity index (χ0v) is 9.90. The molecule has 6 heteroatoms. The van der Waals surface area contributed by atoms with Crippen molar-refractivity contribution in [1.29, 1.82) is 0 Å². The number of aliphatic carboxylic acids is 1. The summed E-state index contributed by atoms with van der Waals surface area (Å²) < 4.78 is 4.71. The van der Waals surface area contributed by atoms with Crippen molar-refractivity contribution in [2.45, 2.75) is 19.9 Å². The van der Waals surface area contributed by atoms with Crippen molar-refractivity contribution in [2.24, 2.45) is 17.6 Å². The number of amides is 1. The molecule has 0 aromatic carbocycles. The molecular formula is C10H20N2O4. The van der Waals surface area contributed by atoms with Gasteiger partial charge in [0, 0.05) is 13.7 Å². The number of hydrogen-bond acceptors (Lipinski definition) is 4. The van der Waals surface area contributed by atoms with Crippen LogP contribution in [0, 0.1) is 11.8 Å². The first-order valence-electron chi connectivity index (χ1n) is 5.16. The number of ether oxygens (including phenoxy) is 1. The molecular weight excluding hydrogens is 212 g/mol. The van der Waals surface area contributed by atoms with Gasteiger partial charge in [0.25, 0.3) is 0 Å². The van der Waals surface area contributed by atoms with Gasteiger partial charge < -0.3 is 20.9 Å². The zero-order chi connectivity index (χ0) is 12.7. The largest absolute Gasteiger partial charge is 0.480 e. The molecule has 0 spiro atoms. The van der Waals surface area contributed by atoms with Crippen LogP contribution < -0.4 is 11.1 Å². The third-order valence-electron chi connectivity index (χ3n) is 2.34. The van der Waals surface area contributed by atoms with Gasteiger partial charge in [0.15, 0.2) is 6.04 Å². The van der Waals surface area contributed by atoms with Gasteiger partial charge >= 0.3 is 5.97 Å². The van der Waals surface area contributed by atoms with E-state index in [2.05, 4.69) is 5.32 Å². The first-order chi connectivity index (χ1) is 7.43. The fourth-order valence-corrected chi connectivity index (χ4v) is 1.30. The number of methoxy groups -OCH3 is 1. The van der Waals surface area contributed by atoms with E-state index in [0.717, 1.165) is 0 Å². The topological polar surface area (TPSA) is 102 Å². The number of carbonyl (C=O) groups is 2. The molecule has 2 unspecified atom stereocenters. The molecule has 0 rings (SSSR count). The van der Waals surface area contributed by atoms with Crippen LogP contribution in [0.15, 0.2) is 0 Å². The Morgan fingerprint density at radius 1 is 1.44 bits per heavy atom. The van der Waals surface area contributed by atoms with Gasteiger partial charge in [-0.05, 0) is 5.92 Å². The van der Waals surface area contributed by atoms with Crippen LogP contribution in [0.5, 0.6) is 0 Å². The molecule has 0 aliphatic carbocycles. The highest BCUT2D eigenvalue weighted by Gasteiger charge is 2.26. The van der Waals surface area contributed by atoms with Crippen molar-refractivity contribution in [3.8, 4) is 0 Å². The first-order valence-corrected chi connectivity index (χ1v) is 5.16. The van der Waals surface area contributed by atoms with Gasteiger partial charge in [0.2, 0.25) is 5.91 Å². The van der Waals surface area contributed by atoms with Crippen LogP contribution in [0.25, 0.3) is 0 Å². The Bertz CT molecular complexity index is 243. The first kappa shape index (κ1) is 14.9. The molecule has 2 atom stereocenters. The summed E-state index contributed by atoms with van der Waals surface area (Å²) in [6.07, 6.45) is 0. The third-order valence-corrected chi connectivity index (χ3v) is 2.34. The van der Waals surface area contributed by atoms with Crippen LogP contribution in [0.4, 0.5) is 0 Å². The van der Waals surface area contributed by atoms with Crippen molar-refractivity contribution >= 4 is 11.9 Å². The highest BCUT2D eigenvalue weighted by atomic mass is 16.5. The Morgan fingerprint density at radius 3 is 2.31 bits per heavy atom. The summed E-state index contributed by atoms with van der Waals surface area (Å²) in [6, 6.07) is -1.02. The molecule has 0 saturated heterocycles. The van der Waals surface area contributed by atoms with E-state index >= 15 is 0 Å². The molecule has 16 heavy (non-hydrogen) atoms. The molecule has 0 aliphatic rings. The lowest BCUT2D eigenvalue weighted by Crippen LogP contribution is -2.48. The molecule has 6 nitrogen and oxygen atoms in total. The minimum absolute atomic E-state index is 0.0591. The van der Waals surface area contributed by atoms with Gasteiger partial charge in [-0.1, -0.05) is 13.8 Å². The average molecular weight is 232 g/mol. The highest BCUT2D eigenvalue weighted by Crippen LogP contribution is 2.09. The monoisotopic (exact) mass is 232 g/mol. The minimum Gasteiger partial charge on any atom is -0.480 e. The summed E-state index contributed by atoms with van der Waals surface area (Å²) in [7, 11) is 1.38. The lowest BCUT2D eigenvalue weighted by atomic mass is 9.95. The van der Waals surface area contributed by atoms with E-state index in [0.29, 0.717) is 0 Å². The van der Waals surface area contributed by atoms with Crippen molar-refractivity contribution in [1.82, 2.24) is 5.32 Å². The van der Waals surface area contributed by atoms with Crippen molar-refractivity contribution in [3.05, 3.63) is 0 Å². The molecule has 1 amide bonds. The summed E-state index contributed by atoms with van der Waals surface area (Å²) in [5, 5.41) is 11.2. The van der Waals surface area contributed by atoms with Crippen LogP contribution in [0.3, 0.4) is 0 Å². The zero-order valence-electron chi connectivity index (χ0n) is 9.90. The van der Waals surface area contributed by atoms with Gasteiger partial charge in [0.1, 0.15) is 0 Å². The predicted octanol–water partition coefficient (Wildman–Crippen LogP) is -0.567. The second kappa shape index (κ2) is 7.19. The van der Waals surface area contributed by atoms with Gasteiger partial charge in [-0.3, -0.25) is 4.79 Å². The minimum atomic E-state index is -1.12. The van der Waals surface area contributed by atoms with Gasteiger partial charge in [0.05, 0.1) is 12.5 Å². The fraction of sp³-hybridized carbons (Fsp3) is 0.800. The molecule has 0 heterocycles. The van der Waals surface area contributed by atoms with E-state index in [-0.39, 0.29) is 30.9 Å². The molecule has 0 bridgehead atoms. The predicted molar refractivity (Wildman–Crippen MR) is 58.8 cm³/mol. The van der Waals surface area contributed by atoms with Crippen LogP contribution in [-0.4, -0.2) is 43.3 Å². The molecule has 0 aromatic rings. The number of hydrogen-bond donors (Lipinski definition) is 3. The second-order valence-electron chi connectivity index (χ2n) is 3.94. The summed E-state index contributed by atoms with van der Waals surface area (Å²) >= 11 is 0. The van der Waals surface area contributed by atoms with Crippen LogP contribution in [-0.2, 0) is 14.3 Å². The van der Waals surface area contributed by atoms with Crippen LogP contribution in [0.2, 0.25) is 0 Å². The van der Waals surface area contributed by atoms with Crippen LogP contribution in [0.1, 0.15) is 13.8 Å². The second-order valence-corrected chi connectivity index (χ2v) is 3.94. The lowest BCUT2D eigenvalue weighted by Gasteiger charge is -2.21. The normalized spacial score (nSPS) is 14.6. The Balaban J connectivity index is 4.43. The van der Waals surface area contributed by atoms with Crippen LogP contribution >= 0.6 is 0 Å². The maximum absolute atomic E-state index is 11.7. The summed E-state index contributed by atoms with van der Waals surface area (Å²) in [4.78, 5) is 22.5. The number of nitrogens with one attached hydrogen (secondary N) is 1. The van der Waals surface area contributed by atoms with Crippen molar-refractivity contribution in [2.75, 3.05) is 20.3 Å². The molecule has 0 aliphatic heterocycles. The van der Waals surface area contributed by atoms with Gasteiger partial charge in [-0.2, -0.15) is 0 Å². The number of carbonyl (C=O) groups excluding carboxylic acids is 1. The molecule has 4 N–H and O–H groups in total. The standard InChI is InChI=1S/C10H20N2O4/c1-6(2)7(4-11)9(13)12-8(5-16-3)10(14)15/h6-8H,4-5,11H2,1-3H3,(H,12,13)(H,14,15). The molecule has 0 aromatic heterocycles. The fourth-order valence-electron chi connectivity index (χ4n) is 1.30. The maximum atomic E-state index is 11.7. The van der Waals surface area contributed by atoms with E-state index in [9.17, 15) is 9.59 Å². The molecule has 0 saturated carbocycles. The summed E-state index contributed by atoms with van der Waals surface area (Å²) in [5.74, 6) is -1.77. The maximum Gasteiger partial charge on any atom is 0.328 e. The average Bonchev–Trinajstić information content (AvgIpc) is 2.17. The third kappa shape index (κ3) is 4.59. The van der Waals surface area contributed by atoms with Gasteiger partial charge in [-0.15, -0.1) is 0 Å². The lowest BCUT2D eigenvalue weighted by molar-refractivity contribution is -0.144. The number of rotatable bonds is 7. The highest BCUT2D eigenvalue weighted by molar-refractivity contribution is 5.85. The van der Waals surface area contributed by atoms with E-state index in [1.165, 1.54) is 7.11 Å². The Hall–Kier alpha value is -1.14. The van der Waals surface area contributed by atoms with Crippen molar-refractivity contribution in [3.63, 3.8) is 0 Å². The number of nitrogens with two attached hydrogens (primary N) is 1. The quantitative estimate of drug-likeness (QED) is 0.546. The van der Waals surface area contributed by atoms with E-state index in [4.69, 9.17) is 15.6 Å². The molecule has 94 valence electrons. The number of carboxylic acids is 1. The Morgan fingerprint density at radius 2 is 2.00 bits per heavy atom. The summed E-state index contributed by atoms with van der Waals surface area (Å²) in [6.45, 7) is 3.87. The Kier molecular flexibility index (Phi) is 6.67. The number of carboxylic acid groups (broad SMARTS) is 1. The van der Waals surface area contributed by atoms with E-state index in [1.807, 2.05) is 13.8 Å².